The summed E-state index contributed by atoms with van der Waals surface area (Å²) in [6.45, 7) is 0.408. The molecule has 0 aromatic carbocycles. The fourth-order valence-corrected chi connectivity index (χ4v) is 2.20. The van der Waals surface area contributed by atoms with Crippen molar-refractivity contribution in [2.24, 2.45) is 28.3 Å². The Labute approximate surface area is 106 Å². The molecule has 2 unspecified atom stereocenters. The predicted molar refractivity (Wildman–Crippen MR) is 68.8 cm³/mol. The topological polar surface area (TPSA) is 110 Å². The first-order valence-electron chi connectivity index (χ1n) is 6.22. The Kier molecular flexibility index (Phi) is 3.96. The van der Waals surface area contributed by atoms with Crippen molar-refractivity contribution in [1.82, 2.24) is 9.97 Å². The molecule has 0 spiro atoms. The molecule has 98 valence electrons. The number of aliphatic imine (C=N–C) groups is 1. The molecule has 1 fully saturated rings. The van der Waals surface area contributed by atoms with Gasteiger partial charge in [0.2, 0.25) is 0 Å². The van der Waals surface area contributed by atoms with Crippen LogP contribution in [0.3, 0.4) is 0 Å². The van der Waals surface area contributed by atoms with Gasteiger partial charge in [0.25, 0.3) is 0 Å². The van der Waals surface area contributed by atoms with Crippen molar-refractivity contribution in [3.63, 3.8) is 0 Å². The Hall–Kier alpha value is -1.85. The van der Waals surface area contributed by atoms with E-state index in [1.165, 1.54) is 0 Å². The van der Waals surface area contributed by atoms with E-state index in [4.69, 9.17) is 11.5 Å². The van der Waals surface area contributed by atoms with Gasteiger partial charge in [-0.1, -0.05) is 0 Å². The molecule has 2 rings (SSSR count). The Bertz CT molecular complexity index is 422. The molecule has 6 nitrogen and oxygen atoms in total. The summed E-state index contributed by atoms with van der Waals surface area (Å²) in [5.41, 5.74) is 11.5. The molecule has 1 heterocycles. The molecule has 0 radical (unpaired) electrons. The number of hydrogen-bond donors (Lipinski definition) is 3. The van der Waals surface area contributed by atoms with Gasteiger partial charge in [0.15, 0.2) is 5.96 Å². The third-order valence-electron chi connectivity index (χ3n) is 3.33. The van der Waals surface area contributed by atoms with E-state index >= 15 is 0 Å². The summed E-state index contributed by atoms with van der Waals surface area (Å²) in [6, 6.07) is 0. The van der Waals surface area contributed by atoms with Crippen LogP contribution in [0.2, 0.25) is 0 Å². The summed E-state index contributed by atoms with van der Waals surface area (Å²) in [6.07, 6.45) is 6.97. The van der Waals surface area contributed by atoms with E-state index in [9.17, 15) is 4.79 Å². The number of carbonyl (C=O) groups is 1. The van der Waals surface area contributed by atoms with Crippen LogP contribution in [0, 0.1) is 11.8 Å². The summed E-state index contributed by atoms with van der Waals surface area (Å²) in [5.74, 6) is 1.09. The van der Waals surface area contributed by atoms with E-state index in [0.717, 1.165) is 25.0 Å². The second kappa shape index (κ2) is 5.66. The number of H-pyrrole nitrogens is 1. The highest BCUT2D eigenvalue weighted by Gasteiger charge is 2.41. The quantitative estimate of drug-likeness (QED) is 0.474. The minimum Gasteiger partial charge on any atom is -0.370 e. The zero-order valence-corrected chi connectivity index (χ0v) is 10.3. The largest absolute Gasteiger partial charge is 0.370 e. The van der Waals surface area contributed by atoms with Crippen LogP contribution >= 0.6 is 0 Å². The molecule has 1 aromatic rings. The average Bonchev–Trinajstić information content (AvgIpc) is 2.92. The van der Waals surface area contributed by atoms with Gasteiger partial charge in [-0.05, 0) is 25.2 Å². The molecule has 0 aliphatic heterocycles. The van der Waals surface area contributed by atoms with Crippen LogP contribution < -0.4 is 11.5 Å². The number of guanidine groups is 1. The standard InChI is InChI=1S/C12H19N5O/c13-12(14)16-4-3-11(18)10-5-8(10)1-2-9-6-15-7-17-9/h6-8,10H,1-5H2,(H,15,17)(H4,13,14,16). The van der Waals surface area contributed by atoms with E-state index in [1.807, 2.05) is 6.20 Å². The highest BCUT2D eigenvalue weighted by molar-refractivity contribution is 5.84. The lowest BCUT2D eigenvalue weighted by molar-refractivity contribution is -0.120. The molecule has 5 N–H and O–H groups in total. The van der Waals surface area contributed by atoms with Gasteiger partial charge in [0, 0.05) is 30.8 Å². The van der Waals surface area contributed by atoms with Gasteiger partial charge < -0.3 is 16.5 Å². The van der Waals surface area contributed by atoms with Crippen LogP contribution in [0.1, 0.15) is 25.0 Å². The zero-order chi connectivity index (χ0) is 13.0. The van der Waals surface area contributed by atoms with Crippen LogP contribution in [-0.4, -0.2) is 28.3 Å². The number of imidazole rings is 1. The maximum Gasteiger partial charge on any atom is 0.185 e. The normalized spacial score (nSPS) is 21.6. The van der Waals surface area contributed by atoms with Gasteiger partial charge in [-0.2, -0.15) is 0 Å². The number of rotatable bonds is 7. The van der Waals surface area contributed by atoms with Gasteiger partial charge in [-0.3, -0.25) is 9.79 Å². The molecule has 1 aliphatic carbocycles. The molecule has 1 saturated carbocycles. The van der Waals surface area contributed by atoms with Crippen molar-refractivity contribution in [2.75, 3.05) is 6.54 Å². The second-order valence-electron chi connectivity index (χ2n) is 4.74. The zero-order valence-electron chi connectivity index (χ0n) is 10.3. The summed E-state index contributed by atoms with van der Waals surface area (Å²) in [5, 5.41) is 0. The lowest BCUT2D eigenvalue weighted by atomic mass is 10.1. The highest BCUT2D eigenvalue weighted by atomic mass is 16.1. The van der Waals surface area contributed by atoms with Gasteiger partial charge in [0.1, 0.15) is 5.78 Å². The Balaban J connectivity index is 1.64. The summed E-state index contributed by atoms with van der Waals surface area (Å²) < 4.78 is 0. The van der Waals surface area contributed by atoms with Crippen LogP contribution in [0.15, 0.2) is 17.5 Å². The molecule has 1 aromatic heterocycles. The van der Waals surface area contributed by atoms with E-state index < -0.39 is 0 Å². The Morgan fingerprint density at radius 3 is 3.06 bits per heavy atom. The van der Waals surface area contributed by atoms with Crippen molar-refractivity contribution >= 4 is 11.7 Å². The number of nitrogens with one attached hydrogen (secondary N) is 1. The second-order valence-corrected chi connectivity index (χ2v) is 4.74. The van der Waals surface area contributed by atoms with Gasteiger partial charge in [-0.15, -0.1) is 0 Å². The molecule has 1 aliphatic rings. The fraction of sp³-hybridized carbons (Fsp3) is 0.583. The van der Waals surface area contributed by atoms with Crippen LogP contribution in [0.25, 0.3) is 0 Å². The van der Waals surface area contributed by atoms with Crippen molar-refractivity contribution in [3.8, 4) is 0 Å². The lowest BCUT2D eigenvalue weighted by Crippen LogP contribution is -2.23. The number of aromatic amines is 1. The average molecular weight is 249 g/mol. The molecule has 0 saturated heterocycles. The number of carbonyl (C=O) groups excluding carboxylic acids is 1. The van der Waals surface area contributed by atoms with Crippen LogP contribution in [-0.2, 0) is 11.2 Å². The van der Waals surface area contributed by atoms with Gasteiger partial charge in [0.05, 0.1) is 6.33 Å². The van der Waals surface area contributed by atoms with Crippen molar-refractivity contribution < 1.29 is 4.79 Å². The summed E-state index contributed by atoms with van der Waals surface area (Å²) in [7, 11) is 0. The van der Waals surface area contributed by atoms with E-state index in [0.29, 0.717) is 18.9 Å². The number of ketones is 1. The molecular weight excluding hydrogens is 230 g/mol. The summed E-state index contributed by atoms with van der Waals surface area (Å²) >= 11 is 0. The van der Waals surface area contributed by atoms with Crippen molar-refractivity contribution in [3.05, 3.63) is 18.2 Å². The number of nitrogens with zero attached hydrogens (tertiary/aromatic N) is 2. The monoisotopic (exact) mass is 249 g/mol. The molecule has 18 heavy (non-hydrogen) atoms. The number of Topliss-reactive ketones (excluding diaryl/α,β-unsaturated/α-hetero) is 1. The maximum absolute atomic E-state index is 11.8. The van der Waals surface area contributed by atoms with E-state index in [-0.39, 0.29) is 17.7 Å². The van der Waals surface area contributed by atoms with Crippen LogP contribution in [0.4, 0.5) is 0 Å². The first kappa shape index (κ1) is 12.6. The van der Waals surface area contributed by atoms with Crippen LogP contribution in [0.5, 0.6) is 0 Å². The fourth-order valence-electron chi connectivity index (χ4n) is 2.20. The molecule has 0 bridgehead atoms. The highest BCUT2D eigenvalue weighted by Crippen LogP contribution is 2.43. The van der Waals surface area contributed by atoms with Gasteiger partial charge >= 0.3 is 0 Å². The first-order chi connectivity index (χ1) is 8.66. The maximum atomic E-state index is 11.8. The molecule has 0 amide bonds. The summed E-state index contributed by atoms with van der Waals surface area (Å²) in [4.78, 5) is 22.7. The smallest absolute Gasteiger partial charge is 0.185 e. The van der Waals surface area contributed by atoms with E-state index in [1.54, 1.807) is 6.33 Å². The number of aryl methyl sites for hydroxylation is 1. The minimum atomic E-state index is 0.0504. The minimum absolute atomic E-state index is 0.0504. The number of nitrogens with two attached hydrogens (primary N) is 2. The van der Waals surface area contributed by atoms with E-state index in [2.05, 4.69) is 15.0 Å². The molecule has 6 heteroatoms. The number of aromatic nitrogens is 2. The van der Waals surface area contributed by atoms with Crippen molar-refractivity contribution in [1.29, 1.82) is 0 Å². The lowest BCUT2D eigenvalue weighted by Gasteiger charge is -1.99. The van der Waals surface area contributed by atoms with Crippen molar-refractivity contribution in [2.45, 2.75) is 25.7 Å². The van der Waals surface area contributed by atoms with Gasteiger partial charge in [-0.25, -0.2) is 4.98 Å². The third-order valence-corrected chi connectivity index (χ3v) is 3.33. The Morgan fingerprint density at radius 2 is 2.39 bits per heavy atom. The Morgan fingerprint density at radius 1 is 1.56 bits per heavy atom. The SMILES string of the molecule is NC(N)=NCCC(=O)C1CC1CCc1cnc[nH]1. The number of hydrogen-bond acceptors (Lipinski definition) is 3. The molecular formula is C12H19N5O. The first-order valence-corrected chi connectivity index (χ1v) is 6.22. The molecule has 2 atom stereocenters. The third kappa shape index (κ3) is 3.58. The predicted octanol–water partition coefficient (Wildman–Crippen LogP) is 0.211.